The number of carbonyl (C=O) groups excluding carboxylic acids is 1. The van der Waals surface area contributed by atoms with E-state index in [1.807, 2.05) is 13.8 Å². The van der Waals surface area contributed by atoms with Crippen molar-refractivity contribution in [1.82, 2.24) is 5.32 Å². The van der Waals surface area contributed by atoms with E-state index in [2.05, 4.69) is 5.32 Å². The van der Waals surface area contributed by atoms with Gasteiger partial charge in [0.1, 0.15) is 6.61 Å². The molecule has 0 aliphatic carbocycles. The van der Waals surface area contributed by atoms with E-state index in [4.69, 9.17) is 10.5 Å². The average molecular weight is 282 g/mol. The Morgan fingerprint density at radius 1 is 1.45 bits per heavy atom. The van der Waals surface area contributed by atoms with Crippen LogP contribution in [0.3, 0.4) is 0 Å². The number of ether oxygens (including phenoxy) is 1. The third-order valence-corrected chi connectivity index (χ3v) is 3.07. The summed E-state index contributed by atoms with van der Waals surface area (Å²) >= 11 is 0. The van der Waals surface area contributed by atoms with Crippen molar-refractivity contribution in [3.8, 4) is 5.75 Å². The number of halogens is 1. The Morgan fingerprint density at radius 3 is 2.65 bits per heavy atom. The van der Waals surface area contributed by atoms with Gasteiger partial charge < -0.3 is 15.8 Å². The molecule has 1 aromatic rings. The van der Waals surface area contributed by atoms with Gasteiger partial charge in [0.25, 0.3) is 0 Å². The Hall–Kier alpha value is -1.62. The number of amides is 1. The van der Waals surface area contributed by atoms with E-state index in [1.165, 1.54) is 6.07 Å². The van der Waals surface area contributed by atoms with Gasteiger partial charge in [-0.3, -0.25) is 4.79 Å². The summed E-state index contributed by atoms with van der Waals surface area (Å²) in [5.41, 5.74) is 4.66. The van der Waals surface area contributed by atoms with E-state index in [1.54, 1.807) is 25.1 Å². The van der Waals surface area contributed by atoms with Crippen LogP contribution in [0.1, 0.15) is 27.2 Å². The number of hydrogen-bond donors (Lipinski definition) is 2. The van der Waals surface area contributed by atoms with Crippen LogP contribution in [0, 0.1) is 11.7 Å². The Bertz CT molecular complexity index is 451. The van der Waals surface area contributed by atoms with E-state index >= 15 is 0 Å². The maximum Gasteiger partial charge on any atom is 0.237 e. The van der Waals surface area contributed by atoms with Crippen molar-refractivity contribution in [1.29, 1.82) is 0 Å². The molecule has 1 atom stereocenters. The quantitative estimate of drug-likeness (QED) is 0.718. The van der Waals surface area contributed by atoms with Gasteiger partial charge in [-0.2, -0.15) is 0 Å². The maximum absolute atomic E-state index is 13.3. The number of primary amides is 1. The zero-order valence-electron chi connectivity index (χ0n) is 12.3. The normalized spacial score (nSPS) is 14.1. The summed E-state index contributed by atoms with van der Waals surface area (Å²) < 4.78 is 18.7. The van der Waals surface area contributed by atoms with Gasteiger partial charge in [0.05, 0.1) is 5.54 Å². The molecule has 0 aliphatic rings. The number of para-hydroxylation sites is 1. The van der Waals surface area contributed by atoms with Crippen molar-refractivity contribution >= 4 is 5.91 Å². The predicted molar refractivity (Wildman–Crippen MR) is 77.0 cm³/mol. The number of benzene rings is 1. The van der Waals surface area contributed by atoms with Crippen LogP contribution in [-0.2, 0) is 4.79 Å². The molecule has 1 rings (SSSR count). The van der Waals surface area contributed by atoms with Gasteiger partial charge in [0.2, 0.25) is 5.91 Å². The van der Waals surface area contributed by atoms with E-state index in [9.17, 15) is 9.18 Å². The lowest BCUT2D eigenvalue weighted by molar-refractivity contribution is -0.124. The Kier molecular flexibility index (Phi) is 5.95. The molecular formula is C15H23FN2O2. The summed E-state index contributed by atoms with van der Waals surface area (Å²) in [5.74, 6) is -0.240. The van der Waals surface area contributed by atoms with Gasteiger partial charge in [-0.05, 0) is 31.4 Å². The molecule has 3 N–H and O–H groups in total. The minimum Gasteiger partial charge on any atom is -0.489 e. The fourth-order valence-electron chi connectivity index (χ4n) is 2.13. The van der Waals surface area contributed by atoms with Crippen molar-refractivity contribution in [2.45, 2.75) is 32.7 Å². The first-order valence-electron chi connectivity index (χ1n) is 6.77. The van der Waals surface area contributed by atoms with E-state index in [0.29, 0.717) is 18.9 Å². The smallest absolute Gasteiger partial charge is 0.237 e. The minimum atomic E-state index is -0.771. The van der Waals surface area contributed by atoms with E-state index in [-0.39, 0.29) is 12.4 Å². The van der Waals surface area contributed by atoms with Crippen LogP contribution >= 0.6 is 0 Å². The minimum absolute atomic E-state index is 0.207. The standard InChI is InChI=1S/C15H23FN2O2/c1-11(2)10-15(3,14(17)19)18-8-9-20-13-7-5-4-6-12(13)16/h4-7,11,18H,8-10H2,1-3H3,(H2,17,19)/t15-/m0/s1. The first-order chi connectivity index (χ1) is 9.35. The second-order valence-electron chi connectivity index (χ2n) is 5.50. The van der Waals surface area contributed by atoms with Crippen LogP contribution < -0.4 is 15.8 Å². The lowest BCUT2D eigenvalue weighted by Crippen LogP contribution is -2.54. The van der Waals surface area contributed by atoms with Gasteiger partial charge in [0, 0.05) is 6.54 Å². The molecule has 0 saturated carbocycles. The Balaban J connectivity index is 2.46. The topological polar surface area (TPSA) is 64.3 Å². The summed E-state index contributed by atoms with van der Waals surface area (Å²) in [7, 11) is 0. The van der Waals surface area contributed by atoms with Gasteiger partial charge >= 0.3 is 0 Å². The fraction of sp³-hybridized carbons (Fsp3) is 0.533. The number of nitrogens with one attached hydrogen (secondary N) is 1. The average Bonchev–Trinajstić information content (AvgIpc) is 2.35. The second-order valence-corrected chi connectivity index (χ2v) is 5.50. The van der Waals surface area contributed by atoms with Crippen LogP contribution in [0.2, 0.25) is 0 Å². The van der Waals surface area contributed by atoms with Gasteiger partial charge in [0.15, 0.2) is 11.6 Å². The van der Waals surface area contributed by atoms with Crippen molar-refractivity contribution in [3.63, 3.8) is 0 Å². The molecular weight excluding hydrogens is 259 g/mol. The van der Waals surface area contributed by atoms with E-state index in [0.717, 1.165) is 0 Å². The molecule has 0 bridgehead atoms. The van der Waals surface area contributed by atoms with Crippen LogP contribution in [0.25, 0.3) is 0 Å². The largest absolute Gasteiger partial charge is 0.489 e. The predicted octanol–water partition coefficient (Wildman–Crippen LogP) is 2.08. The molecule has 4 nitrogen and oxygen atoms in total. The molecule has 0 heterocycles. The number of carbonyl (C=O) groups is 1. The highest BCUT2D eigenvalue weighted by Gasteiger charge is 2.30. The monoisotopic (exact) mass is 282 g/mol. The molecule has 0 aromatic heterocycles. The highest BCUT2D eigenvalue weighted by molar-refractivity contribution is 5.84. The van der Waals surface area contributed by atoms with Crippen molar-refractivity contribution < 1.29 is 13.9 Å². The SMILES string of the molecule is CC(C)C[C@](C)(NCCOc1ccccc1F)C(N)=O. The number of nitrogens with two attached hydrogens (primary N) is 1. The third-order valence-electron chi connectivity index (χ3n) is 3.07. The first kappa shape index (κ1) is 16.4. The zero-order valence-corrected chi connectivity index (χ0v) is 12.3. The Morgan fingerprint density at radius 2 is 2.10 bits per heavy atom. The van der Waals surface area contributed by atoms with Crippen molar-refractivity contribution in [2.24, 2.45) is 11.7 Å². The molecule has 0 aliphatic heterocycles. The third kappa shape index (κ3) is 4.81. The highest BCUT2D eigenvalue weighted by Crippen LogP contribution is 2.17. The first-order valence-corrected chi connectivity index (χ1v) is 6.77. The fourth-order valence-corrected chi connectivity index (χ4v) is 2.13. The summed E-state index contributed by atoms with van der Waals surface area (Å²) in [6.45, 7) is 6.51. The molecule has 0 fully saturated rings. The van der Waals surface area contributed by atoms with E-state index < -0.39 is 17.3 Å². The van der Waals surface area contributed by atoms with Gasteiger partial charge in [-0.1, -0.05) is 26.0 Å². The molecule has 1 amide bonds. The summed E-state index contributed by atoms with van der Waals surface area (Å²) in [6, 6.07) is 6.22. The molecule has 20 heavy (non-hydrogen) atoms. The van der Waals surface area contributed by atoms with Crippen LogP contribution in [0.4, 0.5) is 4.39 Å². The highest BCUT2D eigenvalue weighted by atomic mass is 19.1. The molecule has 0 saturated heterocycles. The lowest BCUT2D eigenvalue weighted by Gasteiger charge is -2.29. The van der Waals surface area contributed by atoms with Gasteiger partial charge in [-0.15, -0.1) is 0 Å². The molecule has 5 heteroatoms. The summed E-state index contributed by atoms with van der Waals surface area (Å²) in [6.07, 6.45) is 0.641. The number of hydrogen-bond acceptors (Lipinski definition) is 3. The van der Waals surface area contributed by atoms with Crippen molar-refractivity contribution in [2.75, 3.05) is 13.2 Å². The van der Waals surface area contributed by atoms with Crippen LogP contribution in [-0.4, -0.2) is 24.6 Å². The summed E-state index contributed by atoms with van der Waals surface area (Å²) in [4.78, 5) is 11.5. The summed E-state index contributed by atoms with van der Waals surface area (Å²) in [5, 5.41) is 3.09. The molecule has 0 spiro atoms. The van der Waals surface area contributed by atoms with Crippen LogP contribution in [0.5, 0.6) is 5.75 Å². The molecule has 0 radical (unpaired) electrons. The van der Waals surface area contributed by atoms with Crippen LogP contribution in [0.15, 0.2) is 24.3 Å². The number of rotatable bonds is 8. The lowest BCUT2D eigenvalue weighted by atomic mass is 9.90. The van der Waals surface area contributed by atoms with Gasteiger partial charge in [-0.25, -0.2) is 4.39 Å². The molecule has 1 aromatic carbocycles. The molecule has 0 unspecified atom stereocenters. The van der Waals surface area contributed by atoms with Crippen molar-refractivity contribution in [3.05, 3.63) is 30.1 Å². The zero-order chi connectivity index (χ0) is 15.2. The maximum atomic E-state index is 13.3. The second kappa shape index (κ2) is 7.24. The Labute approximate surface area is 119 Å². The molecule has 112 valence electrons.